The maximum absolute atomic E-state index is 11.7. The fraction of sp³-hybridized carbons (Fsp3) is 0.533. The lowest BCUT2D eigenvalue weighted by Gasteiger charge is -2.27. The van der Waals surface area contributed by atoms with Gasteiger partial charge in [0.2, 0.25) is 0 Å². The van der Waals surface area contributed by atoms with E-state index < -0.39 is 0 Å². The first kappa shape index (κ1) is 15.9. The average molecular weight is 235 g/mol. The molecule has 96 valence electrons. The van der Waals surface area contributed by atoms with Crippen LogP contribution >= 0.6 is 0 Å². The van der Waals surface area contributed by atoms with Crippen LogP contribution in [0.5, 0.6) is 0 Å². The third-order valence-electron chi connectivity index (χ3n) is 3.41. The van der Waals surface area contributed by atoms with Gasteiger partial charge in [-0.2, -0.15) is 0 Å². The van der Waals surface area contributed by atoms with E-state index in [0.29, 0.717) is 6.54 Å². The molecule has 0 aliphatic rings. The predicted molar refractivity (Wildman–Crippen MR) is 74.7 cm³/mol. The SMILES string of the molecule is C=C(C)/C(C)=C(\C)[C@@H](CN)[C@@H](C(=C)C)C(C)=O. The number of hydrogen-bond acceptors (Lipinski definition) is 2. The van der Waals surface area contributed by atoms with Crippen molar-refractivity contribution in [3.63, 3.8) is 0 Å². The largest absolute Gasteiger partial charge is 0.330 e. The number of allylic oxidation sites excluding steroid dienone is 3. The Labute approximate surface area is 105 Å². The fourth-order valence-electron chi connectivity index (χ4n) is 2.15. The molecule has 0 aliphatic carbocycles. The van der Waals surface area contributed by atoms with Crippen molar-refractivity contribution in [2.24, 2.45) is 17.6 Å². The summed E-state index contributed by atoms with van der Waals surface area (Å²) >= 11 is 0. The van der Waals surface area contributed by atoms with Crippen LogP contribution < -0.4 is 5.73 Å². The van der Waals surface area contributed by atoms with Gasteiger partial charge in [0.1, 0.15) is 5.78 Å². The van der Waals surface area contributed by atoms with Gasteiger partial charge in [-0.05, 0) is 46.7 Å². The highest BCUT2D eigenvalue weighted by molar-refractivity contribution is 5.81. The van der Waals surface area contributed by atoms with E-state index in [9.17, 15) is 4.79 Å². The second kappa shape index (κ2) is 6.55. The smallest absolute Gasteiger partial charge is 0.137 e. The number of Topliss-reactive ketones (excluding diaryl/α,β-unsaturated/α-hetero) is 1. The summed E-state index contributed by atoms with van der Waals surface area (Å²) in [6.45, 7) is 17.8. The predicted octanol–water partition coefficient (Wildman–Crippen LogP) is 3.26. The highest BCUT2D eigenvalue weighted by atomic mass is 16.1. The van der Waals surface area contributed by atoms with E-state index in [2.05, 4.69) is 13.2 Å². The van der Waals surface area contributed by atoms with Crippen LogP contribution in [-0.2, 0) is 4.79 Å². The van der Waals surface area contributed by atoms with E-state index in [1.54, 1.807) is 6.92 Å². The molecule has 2 heteroatoms. The second-order valence-electron chi connectivity index (χ2n) is 4.87. The molecule has 0 aromatic rings. The van der Waals surface area contributed by atoms with E-state index in [0.717, 1.165) is 22.3 Å². The Balaban J connectivity index is 5.47. The van der Waals surface area contributed by atoms with Crippen LogP contribution in [0.4, 0.5) is 0 Å². The Morgan fingerprint density at radius 2 is 1.59 bits per heavy atom. The first-order valence-corrected chi connectivity index (χ1v) is 5.93. The lowest BCUT2D eigenvalue weighted by molar-refractivity contribution is -0.120. The Morgan fingerprint density at radius 1 is 1.12 bits per heavy atom. The maximum atomic E-state index is 11.7. The van der Waals surface area contributed by atoms with Crippen molar-refractivity contribution >= 4 is 5.78 Å². The number of carbonyl (C=O) groups excluding carboxylic acids is 1. The summed E-state index contributed by atoms with van der Waals surface area (Å²) in [7, 11) is 0. The van der Waals surface area contributed by atoms with Crippen LogP contribution in [0.15, 0.2) is 35.5 Å². The summed E-state index contributed by atoms with van der Waals surface area (Å²) in [5, 5.41) is 0. The fourth-order valence-corrected chi connectivity index (χ4v) is 2.15. The Kier molecular flexibility index (Phi) is 6.11. The zero-order valence-electron chi connectivity index (χ0n) is 11.8. The van der Waals surface area contributed by atoms with Crippen LogP contribution in [0.2, 0.25) is 0 Å². The molecule has 0 saturated heterocycles. The first-order chi connectivity index (χ1) is 7.73. The van der Waals surface area contributed by atoms with Gasteiger partial charge in [-0.25, -0.2) is 0 Å². The van der Waals surface area contributed by atoms with E-state index in [1.165, 1.54) is 0 Å². The summed E-state index contributed by atoms with van der Waals surface area (Å²) in [5.41, 5.74) is 10.0. The molecule has 0 amide bonds. The van der Waals surface area contributed by atoms with Gasteiger partial charge in [-0.3, -0.25) is 4.79 Å². The third-order valence-corrected chi connectivity index (χ3v) is 3.41. The van der Waals surface area contributed by atoms with Crippen LogP contribution in [0, 0.1) is 11.8 Å². The maximum Gasteiger partial charge on any atom is 0.137 e. The van der Waals surface area contributed by atoms with Gasteiger partial charge in [0.05, 0.1) is 0 Å². The van der Waals surface area contributed by atoms with Gasteiger partial charge in [0.15, 0.2) is 0 Å². The van der Waals surface area contributed by atoms with Gasteiger partial charge < -0.3 is 5.73 Å². The van der Waals surface area contributed by atoms with Crippen molar-refractivity contribution in [1.82, 2.24) is 0 Å². The molecule has 0 saturated carbocycles. The van der Waals surface area contributed by atoms with Crippen LogP contribution in [0.3, 0.4) is 0 Å². The van der Waals surface area contributed by atoms with Crippen molar-refractivity contribution in [2.45, 2.75) is 34.6 Å². The molecule has 0 heterocycles. The standard InChI is InChI=1S/C15H25NO/c1-9(2)11(5)12(6)14(8-16)15(10(3)4)13(7)17/h14-15H,1,3,8,16H2,2,4-7H3/b12-11+/t14-,15+/m1/s1. The normalized spacial score (nSPS) is 15.9. The summed E-state index contributed by atoms with van der Waals surface area (Å²) in [4.78, 5) is 11.7. The van der Waals surface area contributed by atoms with Gasteiger partial charge in [-0.1, -0.05) is 29.9 Å². The van der Waals surface area contributed by atoms with Gasteiger partial charge in [0.25, 0.3) is 0 Å². The molecule has 2 nitrogen and oxygen atoms in total. The van der Waals surface area contributed by atoms with E-state index in [4.69, 9.17) is 5.73 Å². The highest BCUT2D eigenvalue weighted by Crippen LogP contribution is 2.29. The van der Waals surface area contributed by atoms with Gasteiger partial charge in [0, 0.05) is 11.8 Å². The molecule has 0 rings (SSSR count). The van der Waals surface area contributed by atoms with Crippen LogP contribution in [0.1, 0.15) is 34.6 Å². The van der Waals surface area contributed by atoms with Crippen LogP contribution in [0.25, 0.3) is 0 Å². The number of hydrogen-bond donors (Lipinski definition) is 1. The van der Waals surface area contributed by atoms with E-state index in [-0.39, 0.29) is 17.6 Å². The molecule has 0 spiro atoms. The molecule has 0 radical (unpaired) electrons. The van der Waals surface area contributed by atoms with E-state index in [1.807, 2.05) is 27.7 Å². The van der Waals surface area contributed by atoms with Crippen LogP contribution in [-0.4, -0.2) is 12.3 Å². The Morgan fingerprint density at radius 3 is 1.82 bits per heavy atom. The van der Waals surface area contributed by atoms with Crippen molar-refractivity contribution in [2.75, 3.05) is 6.54 Å². The molecule has 2 atom stereocenters. The monoisotopic (exact) mass is 235 g/mol. The number of ketones is 1. The number of nitrogens with two attached hydrogens (primary N) is 1. The molecular formula is C15H25NO. The Bertz CT molecular complexity index is 349. The minimum absolute atomic E-state index is 0.0294. The number of carbonyl (C=O) groups is 1. The van der Waals surface area contributed by atoms with Gasteiger partial charge >= 0.3 is 0 Å². The molecule has 0 aromatic carbocycles. The lowest BCUT2D eigenvalue weighted by atomic mass is 9.78. The van der Waals surface area contributed by atoms with Crippen molar-refractivity contribution in [3.05, 3.63) is 35.5 Å². The topological polar surface area (TPSA) is 43.1 Å². The molecule has 0 bridgehead atoms. The second-order valence-corrected chi connectivity index (χ2v) is 4.87. The highest BCUT2D eigenvalue weighted by Gasteiger charge is 2.27. The zero-order valence-corrected chi connectivity index (χ0v) is 11.8. The number of rotatable bonds is 6. The molecule has 0 aromatic heterocycles. The minimum atomic E-state index is -0.186. The molecule has 0 fully saturated rings. The molecule has 0 aliphatic heterocycles. The summed E-state index contributed by atoms with van der Waals surface area (Å²) in [6, 6.07) is 0. The molecule has 17 heavy (non-hydrogen) atoms. The molecule has 2 N–H and O–H groups in total. The zero-order chi connectivity index (χ0) is 13.7. The summed E-state index contributed by atoms with van der Waals surface area (Å²) in [6.07, 6.45) is 0. The molecular weight excluding hydrogens is 210 g/mol. The average Bonchev–Trinajstić information content (AvgIpc) is 2.22. The van der Waals surface area contributed by atoms with Crippen molar-refractivity contribution < 1.29 is 4.79 Å². The summed E-state index contributed by atoms with van der Waals surface area (Å²) < 4.78 is 0. The van der Waals surface area contributed by atoms with E-state index >= 15 is 0 Å². The first-order valence-electron chi connectivity index (χ1n) is 5.93. The van der Waals surface area contributed by atoms with Crippen molar-refractivity contribution in [3.8, 4) is 0 Å². The summed E-state index contributed by atoms with van der Waals surface area (Å²) in [5.74, 6) is -0.0298. The molecule has 0 unspecified atom stereocenters. The van der Waals surface area contributed by atoms with Gasteiger partial charge in [-0.15, -0.1) is 0 Å². The Hall–Kier alpha value is -1.15. The quantitative estimate of drug-likeness (QED) is 0.567. The van der Waals surface area contributed by atoms with Crippen molar-refractivity contribution in [1.29, 1.82) is 0 Å². The lowest BCUT2D eigenvalue weighted by Crippen LogP contribution is -2.30. The third kappa shape index (κ3) is 3.97. The minimum Gasteiger partial charge on any atom is -0.330 e.